The summed E-state index contributed by atoms with van der Waals surface area (Å²) in [5.41, 5.74) is 1.88. The van der Waals surface area contributed by atoms with E-state index in [0.717, 1.165) is 24.1 Å². The molecule has 4 amide bonds. The molecule has 1 aromatic rings. The molecule has 3 saturated heterocycles. The summed E-state index contributed by atoms with van der Waals surface area (Å²) < 4.78 is 5.32. The summed E-state index contributed by atoms with van der Waals surface area (Å²) in [5, 5.41) is 3.00. The van der Waals surface area contributed by atoms with Crippen LogP contribution in [-0.4, -0.2) is 85.0 Å². The van der Waals surface area contributed by atoms with E-state index in [1.54, 1.807) is 0 Å². The van der Waals surface area contributed by atoms with Gasteiger partial charge in [-0.05, 0) is 37.3 Å². The lowest BCUT2D eigenvalue weighted by Gasteiger charge is -2.34. The molecule has 0 radical (unpaired) electrons. The van der Waals surface area contributed by atoms with Crippen LogP contribution in [0.25, 0.3) is 0 Å². The van der Waals surface area contributed by atoms with Gasteiger partial charge in [0.2, 0.25) is 11.8 Å². The number of morpholine rings is 1. The molecular formula is C23H32N4O4. The van der Waals surface area contributed by atoms with Gasteiger partial charge < -0.3 is 24.8 Å². The zero-order chi connectivity index (χ0) is 21.8. The van der Waals surface area contributed by atoms with Crippen LogP contribution in [0.5, 0.6) is 0 Å². The Balaban J connectivity index is 1.23. The zero-order valence-corrected chi connectivity index (χ0v) is 18.2. The third-order valence-electron chi connectivity index (χ3n) is 6.65. The standard InChI is InChI=1S/C23H32N4O4/c1-17-4-2-3-5-20(17)24-23(30)26-8-6-18(7-9-26)15-27-16-19(14-21(27)28)22(29)25-10-12-31-13-11-25/h2-5,18-19H,6-16H2,1H3,(H,24,30). The molecule has 0 saturated carbocycles. The van der Waals surface area contributed by atoms with Crippen LogP contribution in [0, 0.1) is 18.8 Å². The summed E-state index contributed by atoms with van der Waals surface area (Å²) in [4.78, 5) is 43.4. The van der Waals surface area contributed by atoms with Crippen molar-refractivity contribution in [2.75, 3.05) is 57.8 Å². The van der Waals surface area contributed by atoms with Crippen molar-refractivity contribution in [3.05, 3.63) is 29.8 Å². The van der Waals surface area contributed by atoms with E-state index in [0.29, 0.717) is 64.8 Å². The minimum absolute atomic E-state index is 0.0684. The number of likely N-dealkylation sites (tertiary alicyclic amines) is 2. The van der Waals surface area contributed by atoms with Gasteiger partial charge in [-0.3, -0.25) is 9.59 Å². The molecule has 0 aliphatic carbocycles. The number of nitrogens with zero attached hydrogens (tertiary/aromatic N) is 3. The molecule has 0 bridgehead atoms. The second-order valence-electron chi connectivity index (χ2n) is 8.81. The topological polar surface area (TPSA) is 82.2 Å². The lowest BCUT2D eigenvalue weighted by atomic mass is 9.96. The van der Waals surface area contributed by atoms with Gasteiger partial charge in [-0.2, -0.15) is 0 Å². The molecule has 3 heterocycles. The predicted molar refractivity (Wildman–Crippen MR) is 117 cm³/mol. The number of urea groups is 1. The molecule has 8 nitrogen and oxygen atoms in total. The monoisotopic (exact) mass is 428 g/mol. The average molecular weight is 429 g/mol. The fourth-order valence-electron chi connectivity index (χ4n) is 4.69. The smallest absolute Gasteiger partial charge is 0.321 e. The maximum Gasteiger partial charge on any atom is 0.321 e. The van der Waals surface area contributed by atoms with E-state index >= 15 is 0 Å². The number of nitrogens with one attached hydrogen (secondary N) is 1. The van der Waals surface area contributed by atoms with Crippen LogP contribution in [-0.2, 0) is 14.3 Å². The molecule has 8 heteroatoms. The Morgan fingerprint density at radius 2 is 1.77 bits per heavy atom. The maximum absolute atomic E-state index is 12.7. The van der Waals surface area contributed by atoms with Gasteiger partial charge in [0.25, 0.3) is 0 Å². The Hall–Kier alpha value is -2.61. The van der Waals surface area contributed by atoms with Gasteiger partial charge in [-0.15, -0.1) is 0 Å². The molecule has 0 spiro atoms. The Kier molecular flexibility index (Phi) is 6.75. The van der Waals surface area contributed by atoms with Gasteiger partial charge in [-0.25, -0.2) is 4.79 Å². The molecule has 3 aliphatic rings. The van der Waals surface area contributed by atoms with Gasteiger partial charge in [0.05, 0.1) is 19.1 Å². The first-order chi connectivity index (χ1) is 15.0. The van der Waals surface area contributed by atoms with Crippen molar-refractivity contribution >= 4 is 23.5 Å². The van der Waals surface area contributed by atoms with Crippen molar-refractivity contribution in [3.63, 3.8) is 0 Å². The molecule has 4 rings (SSSR count). The molecule has 1 atom stereocenters. The van der Waals surface area contributed by atoms with Gasteiger partial charge in [0.15, 0.2) is 0 Å². The van der Waals surface area contributed by atoms with Crippen LogP contribution in [0.3, 0.4) is 0 Å². The number of carbonyl (C=O) groups is 3. The van der Waals surface area contributed by atoms with Gasteiger partial charge in [0.1, 0.15) is 0 Å². The second-order valence-corrected chi connectivity index (χ2v) is 8.81. The van der Waals surface area contributed by atoms with Crippen molar-refractivity contribution < 1.29 is 19.1 Å². The van der Waals surface area contributed by atoms with E-state index in [2.05, 4.69) is 5.32 Å². The van der Waals surface area contributed by atoms with E-state index in [1.807, 2.05) is 45.9 Å². The van der Waals surface area contributed by atoms with Crippen LogP contribution in [0.15, 0.2) is 24.3 Å². The molecule has 1 aromatic carbocycles. The summed E-state index contributed by atoms with van der Waals surface area (Å²) in [7, 11) is 0. The third-order valence-corrected chi connectivity index (χ3v) is 6.65. The van der Waals surface area contributed by atoms with Gasteiger partial charge in [-0.1, -0.05) is 18.2 Å². The number of piperidine rings is 1. The number of carbonyl (C=O) groups excluding carboxylic acids is 3. The summed E-state index contributed by atoms with van der Waals surface area (Å²) in [6, 6.07) is 7.69. The summed E-state index contributed by atoms with van der Waals surface area (Å²) >= 11 is 0. The second kappa shape index (κ2) is 9.68. The highest BCUT2D eigenvalue weighted by molar-refractivity contribution is 5.90. The fraction of sp³-hybridized carbons (Fsp3) is 0.609. The SMILES string of the molecule is Cc1ccccc1NC(=O)N1CCC(CN2CC(C(=O)N3CCOCC3)CC2=O)CC1. The van der Waals surface area contributed by atoms with Crippen molar-refractivity contribution in [3.8, 4) is 0 Å². The number of hydrogen-bond acceptors (Lipinski definition) is 4. The minimum Gasteiger partial charge on any atom is -0.378 e. The molecule has 1 N–H and O–H groups in total. The van der Waals surface area contributed by atoms with Gasteiger partial charge >= 0.3 is 6.03 Å². The molecule has 0 aromatic heterocycles. The lowest BCUT2D eigenvalue weighted by molar-refractivity contribution is -0.139. The largest absolute Gasteiger partial charge is 0.378 e. The average Bonchev–Trinajstić information content (AvgIpc) is 3.16. The first kappa shape index (κ1) is 21.6. The van der Waals surface area contributed by atoms with Crippen LogP contribution in [0.2, 0.25) is 0 Å². The molecule has 168 valence electrons. The molecule has 3 aliphatic heterocycles. The highest BCUT2D eigenvalue weighted by Gasteiger charge is 2.38. The molecule has 3 fully saturated rings. The Morgan fingerprint density at radius 3 is 2.48 bits per heavy atom. The van der Waals surface area contributed by atoms with E-state index in [1.165, 1.54) is 0 Å². The Bertz CT molecular complexity index is 816. The van der Waals surface area contributed by atoms with Crippen molar-refractivity contribution in [2.24, 2.45) is 11.8 Å². The summed E-state index contributed by atoms with van der Waals surface area (Å²) in [6.45, 7) is 6.92. The van der Waals surface area contributed by atoms with Crippen LogP contribution < -0.4 is 5.32 Å². The van der Waals surface area contributed by atoms with E-state index in [4.69, 9.17) is 4.74 Å². The summed E-state index contributed by atoms with van der Waals surface area (Å²) in [5.74, 6) is 0.294. The van der Waals surface area contributed by atoms with Crippen LogP contribution in [0.4, 0.5) is 10.5 Å². The van der Waals surface area contributed by atoms with E-state index in [9.17, 15) is 14.4 Å². The minimum atomic E-state index is -0.231. The van der Waals surface area contributed by atoms with Crippen molar-refractivity contribution in [1.29, 1.82) is 0 Å². The highest BCUT2D eigenvalue weighted by atomic mass is 16.5. The Labute approximate surface area is 183 Å². The number of aryl methyl sites for hydroxylation is 1. The number of amides is 4. The lowest BCUT2D eigenvalue weighted by Crippen LogP contribution is -2.45. The fourth-order valence-corrected chi connectivity index (χ4v) is 4.69. The number of ether oxygens (including phenoxy) is 1. The maximum atomic E-state index is 12.7. The number of hydrogen-bond donors (Lipinski definition) is 1. The van der Waals surface area contributed by atoms with E-state index < -0.39 is 0 Å². The summed E-state index contributed by atoms with van der Waals surface area (Å²) in [6.07, 6.45) is 2.05. The third kappa shape index (κ3) is 5.18. The number of para-hydroxylation sites is 1. The number of benzene rings is 1. The van der Waals surface area contributed by atoms with E-state index in [-0.39, 0.29) is 23.8 Å². The highest BCUT2D eigenvalue weighted by Crippen LogP contribution is 2.26. The first-order valence-electron chi connectivity index (χ1n) is 11.3. The van der Waals surface area contributed by atoms with Crippen LogP contribution in [0.1, 0.15) is 24.8 Å². The number of anilines is 1. The molecule has 31 heavy (non-hydrogen) atoms. The quantitative estimate of drug-likeness (QED) is 0.795. The first-order valence-corrected chi connectivity index (χ1v) is 11.3. The Morgan fingerprint density at radius 1 is 1.06 bits per heavy atom. The van der Waals surface area contributed by atoms with Crippen LogP contribution >= 0.6 is 0 Å². The van der Waals surface area contributed by atoms with Crippen molar-refractivity contribution in [1.82, 2.24) is 14.7 Å². The number of rotatable bonds is 4. The normalized spacial score (nSPS) is 22.7. The molecular weight excluding hydrogens is 396 g/mol. The van der Waals surface area contributed by atoms with Crippen molar-refractivity contribution in [2.45, 2.75) is 26.2 Å². The predicted octanol–water partition coefficient (Wildman–Crippen LogP) is 1.95. The van der Waals surface area contributed by atoms with Gasteiger partial charge in [0, 0.05) is 51.4 Å². The molecule has 1 unspecified atom stereocenters. The zero-order valence-electron chi connectivity index (χ0n) is 18.2.